The Morgan fingerprint density at radius 3 is 2.38 bits per heavy atom. The quantitative estimate of drug-likeness (QED) is 0.518. The molecule has 0 aromatic heterocycles. The van der Waals surface area contributed by atoms with Gasteiger partial charge in [0.25, 0.3) is 0 Å². The Hall–Kier alpha value is 0.250. The second-order valence-corrected chi connectivity index (χ2v) is 5.52. The normalized spacial score (nSPS) is 14.5. The molecule has 0 heterocycles. The number of rotatable bonds is 6. The fourth-order valence-electron chi connectivity index (χ4n) is 1.14. The van der Waals surface area contributed by atoms with E-state index in [0.29, 0.717) is 10.8 Å². The van der Waals surface area contributed by atoms with E-state index < -0.39 is 0 Å². The van der Waals surface area contributed by atoms with E-state index in [1.807, 2.05) is 0 Å². The number of hydrogen-bond acceptors (Lipinski definition) is 1. The van der Waals surface area contributed by atoms with Crippen molar-refractivity contribution in [3.05, 3.63) is 0 Å². The van der Waals surface area contributed by atoms with Gasteiger partial charge in [-0.1, -0.05) is 34.1 Å². The highest BCUT2D eigenvalue weighted by Crippen LogP contribution is 2.16. The summed E-state index contributed by atoms with van der Waals surface area (Å²) in [5.74, 6) is 0. The standard InChI is InChI=1S/C11H24ClN/c1-5-6-10(12)9-13-8-7-11(2,3)4/h10,13H,5-9H2,1-4H3. The zero-order valence-electron chi connectivity index (χ0n) is 9.49. The molecule has 1 unspecified atom stereocenters. The molecular formula is C11H24ClN. The van der Waals surface area contributed by atoms with Crippen molar-refractivity contribution in [2.45, 2.75) is 52.3 Å². The van der Waals surface area contributed by atoms with E-state index in [0.717, 1.165) is 19.5 Å². The molecule has 1 atom stereocenters. The number of hydrogen-bond donors (Lipinski definition) is 1. The summed E-state index contributed by atoms with van der Waals surface area (Å²) >= 11 is 6.07. The first-order valence-electron chi connectivity index (χ1n) is 5.30. The molecule has 0 rings (SSSR count). The van der Waals surface area contributed by atoms with E-state index in [9.17, 15) is 0 Å². The van der Waals surface area contributed by atoms with Crippen LogP contribution in [0.3, 0.4) is 0 Å². The Bertz CT molecular complexity index is 118. The van der Waals surface area contributed by atoms with Gasteiger partial charge < -0.3 is 5.32 Å². The van der Waals surface area contributed by atoms with Crippen LogP contribution in [-0.2, 0) is 0 Å². The molecule has 0 saturated carbocycles. The Balaban J connectivity index is 3.25. The van der Waals surface area contributed by atoms with E-state index in [-0.39, 0.29) is 0 Å². The van der Waals surface area contributed by atoms with Crippen LogP contribution in [0.2, 0.25) is 0 Å². The molecule has 0 spiro atoms. The minimum atomic E-state index is 0.310. The van der Waals surface area contributed by atoms with Crippen molar-refractivity contribution in [1.82, 2.24) is 5.32 Å². The Morgan fingerprint density at radius 2 is 1.92 bits per heavy atom. The van der Waals surface area contributed by atoms with E-state index in [1.165, 1.54) is 12.8 Å². The third-order valence-corrected chi connectivity index (χ3v) is 2.39. The summed E-state index contributed by atoms with van der Waals surface area (Å²) in [6.45, 7) is 11.0. The van der Waals surface area contributed by atoms with Gasteiger partial charge in [0.05, 0.1) is 0 Å². The van der Waals surface area contributed by atoms with E-state index >= 15 is 0 Å². The molecule has 1 nitrogen and oxygen atoms in total. The second kappa shape index (κ2) is 6.67. The number of nitrogens with one attached hydrogen (secondary N) is 1. The maximum absolute atomic E-state index is 6.07. The molecule has 0 fully saturated rings. The van der Waals surface area contributed by atoms with Crippen LogP contribution in [0.15, 0.2) is 0 Å². The summed E-state index contributed by atoms with van der Waals surface area (Å²) in [5.41, 5.74) is 0.430. The van der Waals surface area contributed by atoms with Crippen molar-refractivity contribution < 1.29 is 0 Å². The third kappa shape index (κ3) is 10.2. The Labute approximate surface area is 88.2 Å². The van der Waals surface area contributed by atoms with Gasteiger partial charge in [-0.2, -0.15) is 0 Å². The van der Waals surface area contributed by atoms with Gasteiger partial charge in [0.2, 0.25) is 0 Å². The minimum absolute atomic E-state index is 0.310. The van der Waals surface area contributed by atoms with Crippen LogP contribution in [0, 0.1) is 5.41 Å². The van der Waals surface area contributed by atoms with Crippen LogP contribution in [0.25, 0.3) is 0 Å². The summed E-state index contributed by atoms with van der Waals surface area (Å²) in [6.07, 6.45) is 3.50. The second-order valence-electron chi connectivity index (χ2n) is 4.90. The molecule has 0 aromatic carbocycles. The maximum Gasteiger partial charge on any atom is 0.0460 e. The molecule has 0 amide bonds. The average Bonchev–Trinajstić information content (AvgIpc) is 1.97. The molecule has 0 aliphatic carbocycles. The monoisotopic (exact) mass is 205 g/mol. The van der Waals surface area contributed by atoms with Crippen LogP contribution in [-0.4, -0.2) is 18.5 Å². The van der Waals surface area contributed by atoms with Gasteiger partial charge in [-0.05, 0) is 24.8 Å². The third-order valence-electron chi connectivity index (χ3n) is 2.02. The highest BCUT2D eigenvalue weighted by molar-refractivity contribution is 6.20. The van der Waals surface area contributed by atoms with E-state index in [2.05, 4.69) is 33.0 Å². The van der Waals surface area contributed by atoms with E-state index in [4.69, 9.17) is 11.6 Å². The van der Waals surface area contributed by atoms with E-state index in [1.54, 1.807) is 0 Å². The van der Waals surface area contributed by atoms with Gasteiger partial charge in [-0.25, -0.2) is 0 Å². The Morgan fingerprint density at radius 1 is 1.31 bits per heavy atom. The van der Waals surface area contributed by atoms with Gasteiger partial charge >= 0.3 is 0 Å². The summed E-state index contributed by atoms with van der Waals surface area (Å²) in [6, 6.07) is 0. The first kappa shape index (κ1) is 13.2. The zero-order valence-corrected chi connectivity index (χ0v) is 10.2. The van der Waals surface area contributed by atoms with Crippen molar-refractivity contribution in [2.75, 3.05) is 13.1 Å². The topological polar surface area (TPSA) is 12.0 Å². The van der Waals surface area contributed by atoms with Crippen molar-refractivity contribution in [3.63, 3.8) is 0 Å². The van der Waals surface area contributed by atoms with Crippen LogP contribution in [0.1, 0.15) is 47.0 Å². The lowest BCUT2D eigenvalue weighted by Crippen LogP contribution is -2.26. The molecule has 0 bridgehead atoms. The summed E-state index contributed by atoms with van der Waals surface area (Å²) in [4.78, 5) is 0. The van der Waals surface area contributed by atoms with Crippen LogP contribution < -0.4 is 5.32 Å². The van der Waals surface area contributed by atoms with Crippen molar-refractivity contribution >= 4 is 11.6 Å². The predicted molar refractivity (Wildman–Crippen MR) is 61.5 cm³/mol. The minimum Gasteiger partial charge on any atom is -0.315 e. The number of halogens is 1. The molecule has 0 aliphatic heterocycles. The van der Waals surface area contributed by atoms with Crippen molar-refractivity contribution in [2.24, 2.45) is 5.41 Å². The molecule has 0 aromatic rings. The molecule has 2 heteroatoms. The van der Waals surface area contributed by atoms with Crippen LogP contribution in [0.4, 0.5) is 0 Å². The van der Waals surface area contributed by atoms with Gasteiger partial charge in [0.1, 0.15) is 0 Å². The molecule has 0 radical (unpaired) electrons. The number of alkyl halides is 1. The lowest BCUT2D eigenvalue weighted by Gasteiger charge is -2.18. The lowest BCUT2D eigenvalue weighted by molar-refractivity contribution is 0.366. The zero-order chi connectivity index (χ0) is 10.3. The summed E-state index contributed by atoms with van der Waals surface area (Å²) < 4.78 is 0. The maximum atomic E-state index is 6.07. The lowest BCUT2D eigenvalue weighted by atomic mass is 9.92. The molecule has 80 valence electrons. The molecular weight excluding hydrogens is 182 g/mol. The molecule has 1 N–H and O–H groups in total. The first-order valence-corrected chi connectivity index (χ1v) is 5.74. The van der Waals surface area contributed by atoms with Gasteiger partial charge in [0.15, 0.2) is 0 Å². The van der Waals surface area contributed by atoms with Crippen LogP contribution >= 0.6 is 11.6 Å². The molecule has 0 aliphatic rings. The summed E-state index contributed by atoms with van der Waals surface area (Å²) in [7, 11) is 0. The fourth-order valence-corrected chi connectivity index (χ4v) is 1.46. The van der Waals surface area contributed by atoms with Gasteiger partial charge in [-0.3, -0.25) is 0 Å². The highest BCUT2D eigenvalue weighted by atomic mass is 35.5. The van der Waals surface area contributed by atoms with Gasteiger partial charge in [0, 0.05) is 11.9 Å². The predicted octanol–water partition coefficient (Wildman–Crippen LogP) is 3.42. The SMILES string of the molecule is CCCC(Cl)CNCCC(C)(C)C. The van der Waals surface area contributed by atoms with Crippen molar-refractivity contribution in [3.8, 4) is 0 Å². The first-order chi connectivity index (χ1) is 5.95. The fraction of sp³-hybridized carbons (Fsp3) is 1.00. The average molecular weight is 206 g/mol. The molecule has 0 saturated heterocycles. The van der Waals surface area contributed by atoms with Crippen molar-refractivity contribution in [1.29, 1.82) is 0 Å². The van der Waals surface area contributed by atoms with Crippen LogP contribution in [0.5, 0.6) is 0 Å². The smallest absolute Gasteiger partial charge is 0.0460 e. The summed E-state index contributed by atoms with van der Waals surface area (Å²) in [5, 5.41) is 3.70. The highest BCUT2D eigenvalue weighted by Gasteiger charge is 2.09. The molecule has 13 heavy (non-hydrogen) atoms. The van der Waals surface area contributed by atoms with Gasteiger partial charge in [-0.15, -0.1) is 11.6 Å². The largest absolute Gasteiger partial charge is 0.315 e. The Kier molecular flexibility index (Phi) is 6.79.